The molecule has 0 unspecified atom stereocenters. The van der Waals surface area contributed by atoms with E-state index in [9.17, 15) is 19.3 Å². The number of aryl methyl sites for hydroxylation is 1. The fraction of sp³-hybridized carbons (Fsp3) is 0.238. The molecule has 1 aromatic heterocycles. The number of nitrogens with one attached hydrogen (secondary N) is 1. The molecule has 0 spiro atoms. The highest BCUT2D eigenvalue weighted by Crippen LogP contribution is 2.26. The van der Waals surface area contributed by atoms with E-state index in [0.717, 1.165) is 21.8 Å². The molecule has 0 fully saturated rings. The molecule has 30 heavy (non-hydrogen) atoms. The molecule has 0 aliphatic rings. The van der Waals surface area contributed by atoms with Crippen molar-refractivity contribution in [3.05, 3.63) is 75.7 Å². The lowest BCUT2D eigenvalue weighted by Crippen LogP contribution is -2.28. The Labute approximate surface area is 177 Å². The van der Waals surface area contributed by atoms with Gasteiger partial charge in [-0.15, -0.1) is 11.8 Å². The third-order valence-corrected chi connectivity index (χ3v) is 5.41. The number of benzene rings is 2. The van der Waals surface area contributed by atoms with E-state index < -0.39 is 4.92 Å². The summed E-state index contributed by atoms with van der Waals surface area (Å²) in [4.78, 5) is 25.8. The average molecular weight is 428 g/mol. The van der Waals surface area contributed by atoms with Gasteiger partial charge in [0.25, 0.3) is 11.6 Å². The zero-order valence-electron chi connectivity index (χ0n) is 16.6. The molecule has 156 valence electrons. The quantitative estimate of drug-likeness (QED) is 0.323. The average Bonchev–Trinajstić information content (AvgIpc) is 3.21. The van der Waals surface area contributed by atoms with Crippen molar-refractivity contribution in [2.45, 2.75) is 17.7 Å². The molecule has 0 atom stereocenters. The lowest BCUT2D eigenvalue weighted by molar-refractivity contribution is -0.385. The molecule has 1 N–H and O–H groups in total. The van der Waals surface area contributed by atoms with Crippen molar-refractivity contribution >= 4 is 23.4 Å². The van der Waals surface area contributed by atoms with Crippen molar-refractivity contribution in [3.63, 3.8) is 0 Å². The summed E-state index contributed by atoms with van der Waals surface area (Å²) in [5.74, 6) is -0.681. The Morgan fingerprint density at radius 1 is 1.23 bits per heavy atom. The fourth-order valence-electron chi connectivity index (χ4n) is 3.04. The van der Waals surface area contributed by atoms with Crippen molar-refractivity contribution in [1.29, 1.82) is 0 Å². The van der Waals surface area contributed by atoms with E-state index in [1.807, 2.05) is 12.3 Å². The smallest absolute Gasteiger partial charge is 0.282 e. The van der Waals surface area contributed by atoms with Crippen molar-refractivity contribution in [3.8, 4) is 11.3 Å². The van der Waals surface area contributed by atoms with Crippen LogP contribution in [0.5, 0.6) is 0 Å². The summed E-state index contributed by atoms with van der Waals surface area (Å²) in [5.41, 5.74) is 2.33. The van der Waals surface area contributed by atoms with E-state index in [2.05, 4.69) is 10.2 Å². The number of nitrogens with zero attached hydrogens (tertiary/aromatic N) is 3. The summed E-state index contributed by atoms with van der Waals surface area (Å²) in [7, 11) is 1.63. The van der Waals surface area contributed by atoms with Gasteiger partial charge in [-0.3, -0.25) is 20.0 Å². The maximum absolute atomic E-state index is 13.1. The Kier molecular flexibility index (Phi) is 6.83. The molecule has 1 amide bonds. The van der Waals surface area contributed by atoms with Crippen LogP contribution in [0.25, 0.3) is 11.3 Å². The number of aromatic amines is 1. The van der Waals surface area contributed by atoms with Gasteiger partial charge in [-0.1, -0.05) is 0 Å². The molecule has 1 heterocycles. The number of H-pyrrole nitrogens is 1. The van der Waals surface area contributed by atoms with Crippen molar-refractivity contribution in [2.75, 3.05) is 19.8 Å². The van der Waals surface area contributed by atoms with Crippen LogP contribution in [-0.2, 0) is 6.42 Å². The Hall–Kier alpha value is -3.20. The SMILES string of the molecule is CSc1ccc([N+](=O)[O-])c(C(=O)N(C)CCCc2cc(-c3ccc(F)cc3)n[nH]2)c1. The Balaban J connectivity index is 1.61. The number of nitro benzene ring substituents is 1. The largest absolute Gasteiger partial charge is 0.341 e. The predicted octanol–water partition coefficient (Wildman–Crippen LogP) is 4.55. The number of carbonyl (C=O) groups is 1. The number of halogens is 1. The molecule has 2 aromatic carbocycles. The van der Waals surface area contributed by atoms with Gasteiger partial charge in [0.2, 0.25) is 0 Å². The second kappa shape index (κ2) is 9.53. The zero-order chi connectivity index (χ0) is 21.7. The number of nitro groups is 1. The van der Waals surface area contributed by atoms with Crippen LogP contribution in [0.3, 0.4) is 0 Å². The third-order valence-electron chi connectivity index (χ3n) is 4.69. The molecule has 7 nitrogen and oxygen atoms in total. The Morgan fingerprint density at radius 3 is 2.63 bits per heavy atom. The van der Waals surface area contributed by atoms with Gasteiger partial charge >= 0.3 is 0 Å². The van der Waals surface area contributed by atoms with E-state index in [1.165, 1.54) is 34.9 Å². The minimum atomic E-state index is -0.535. The third kappa shape index (κ3) is 5.04. The monoisotopic (exact) mass is 428 g/mol. The summed E-state index contributed by atoms with van der Waals surface area (Å²) in [6, 6.07) is 12.6. The molecule has 0 aliphatic heterocycles. The summed E-state index contributed by atoms with van der Waals surface area (Å²) in [6.45, 7) is 0.435. The highest BCUT2D eigenvalue weighted by molar-refractivity contribution is 7.98. The fourth-order valence-corrected chi connectivity index (χ4v) is 3.48. The molecule has 3 aromatic rings. The van der Waals surface area contributed by atoms with Crippen LogP contribution in [0.15, 0.2) is 53.4 Å². The molecular weight excluding hydrogens is 407 g/mol. The number of carbonyl (C=O) groups excluding carboxylic acids is 1. The van der Waals surface area contributed by atoms with Crippen LogP contribution in [0.1, 0.15) is 22.5 Å². The van der Waals surface area contributed by atoms with Crippen LogP contribution in [-0.4, -0.2) is 45.8 Å². The Bertz CT molecular complexity index is 1050. The van der Waals surface area contributed by atoms with Gasteiger partial charge in [-0.05, 0) is 61.6 Å². The van der Waals surface area contributed by atoms with E-state index in [4.69, 9.17) is 0 Å². The molecule has 0 saturated carbocycles. The number of aromatic nitrogens is 2. The van der Waals surface area contributed by atoms with E-state index in [0.29, 0.717) is 19.4 Å². The molecular formula is C21H21FN4O3S. The molecule has 0 saturated heterocycles. The van der Waals surface area contributed by atoms with E-state index >= 15 is 0 Å². The van der Waals surface area contributed by atoms with E-state index in [-0.39, 0.29) is 23.0 Å². The number of amides is 1. The second-order valence-corrected chi connectivity index (χ2v) is 7.64. The summed E-state index contributed by atoms with van der Waals surface area (Å²) >= 11 is 1.42. The van der Waals surface area contributed by atoms with Crippen LogP contribution in [0.2, 0.25) is 0 Å². The normalized spacial score (nSPS) is 10.8. The highest BCUT2D eigenvalue weighted by Gasteiger charge is 2.23. The maximum Gasteiger partial charge on any atom is 0.282 e. The van der Waals surface area contributed by atoms with Gasteiger partial charge in [0, 0.05) is 35.8 Å². The van der Waals surface area contributed by atoms with Crippen LogP contribution in [0, 0.1) is 15.9 Å². The first-order valence-corrected chi connectivity index (χ1v) is 10.5. The van der Waals surface area contributed by atoms with Crippen LogP contribution >= 0.6 is 11.8 Å². The number of thioether (sulfide) groups is 1. The van der Waals surface area contributed by atoms with Gasteiger partial charge in [0.1, 0.15) is 11.4 Å². The maximum atomic E-state index is 13.1. The van der Waals surface area contributed by atoms with Crippen LogP contribution < -0.4 is 0 Å². The molecule has 0 bridgehead atoms. The topological polar surface area (TPSA) is 92.1 Å². The van der Waals surface area contributed by atoms with Crippen molar-refractivity contribution in [1.82, 2.24) is 15.1 Å². The Morgan fingerprint density at radius 2 is 1.97 bits per heavy atom. The second-order valence-electron chi connectivity index (χ2n) is 6.76. The first kappa shape index (κ1) is 21.5. The van der Waals surface area contributed by atoms with Gasteiger partial charge in [-0.25, -0.2) is 4.39 Å². The van der Waals surface area contributed by atoms with Crippen molar-refractivity contribution < 1.29 is 14.1 Å². The predicted molar refractivity (Wildman–Crippen MR) is 114 cm³/mol. The summed E-state index contributed by atoms with van der Waals surface area (Å²) in [5, 5.41) is 18.5. The standard InChI is InChI=1S/C21H21FN4O3S/c1-25(21(27)18-13-17(30-2)9-10-20(18)26(28)29)11-3-4-16-12-19(24-23-16)14-5-7-15(22)8-6-14/h5-10,12-13H,3-4,11H2,1-2H3,(H,23,24). The molecule has 3 rings (SSSR count). The highest BCUT2D eigenvalue weighted by atomic mass is 32.2. The lowest BCUT2D eigenvalue weighted by atomic mass is 10.1. The minimum absolute atomic E-state index is 0.0921. The van der Waals surface area contributed by atoms with Crippen molar-refractivity contribution in [2.24, 2.45) is 0 Å². The van der Waals surface area contributed by atoms with Gasteiger partial charge in [0.15, 0.2) is 0 Å². The van der Waals surface area contributed by atoms with Crippen LogP contribution in [0.4, 0.5) is 10.1 Å². The van der Waals surface area contributed by atoms with Gasteiger partial charge in [-0.2, -0.15) is 5.10 Å². The van der Waals surface area contributed by atoms with Gasteiger partial charge < -0.3 is 4.90 Å². The first-order chi connectivity index (χ1) is 14.4. The summed E-state index contributed by atoms with van der Waals surface area (Å²) in [6.07, 6.45) is 3.16. The number of rotatable bonds is 8. The summed E-state index contributed by atoms with van der Waals surface area (Å²) < 4.78 is 13.1. The molecule has 0 radical (unpaired) electrons. The lowest BCUT2D eigenvalue weighted by Gasteiger charge is -2.17. The number of hydrogen-bond acceptors (Lipinski definition) is 5. The minimum Gasteiger partial charge on any atom is -0.341 e. The molecule has 9 heteroatoms. The zero-order valence-corrected chi connectivity index (χ0v) is 17.4. The first-order valence-electron chi connectivity index (χ1n) is 9.27. The molecule has 0 aliphatic carbocycles. The van der Waals surface area contributed by atoms with E-state index in [1.54, 1.807) is 31.3 Å². The number of hydrogen-bond donors (Lipinski definition) is 1. The van der Waals surface area contributed by atoms with Gasteiger partial charge in [0.05, 0.1) is 10.6 Å².